The van der Waals surface area contributed by atoms with Gasteiger partial charge in [-0.25, -0.2) is 9.78 Å². The molecule has 0 spiro atoms. The highest BCUT2D eigenvalue weighted by Gasteiger charge is 2.31. The molecule has 0 bridgehead atoms. The molecule has 13 heteroatoms. The van der Waals surface area contributed by atoms with Gasteiger partial charge in [-0.15, -0.1) is 5.10 Å². The van der Waals surface area contributed by atoms with E-state index < -0.39 is 17.8 Å². The number of carbonyl (C=O) groups is 1. The van der Waals surface area contributed by atoms with Crippen molar-refractivity contribution >= 4 is 33.8 Å². The Morgan fingerprint density at radius 3 is 2.59 bits per heavy atom. The summed E-state index contributed by atoms with van der Waals surface area (Å²) in [6, 6.07) is 8.85. The lowest BCUT2D eigenvalue weighted by Gasteiger charge is -2.35. The van der Waals surface area contributed by atoms with Crippen molar-refractivity contribution in [1.29, 1.82) is 0 Å². The van der Waals surface area contributed by atoms with E-state index in [-0.39, 0.29) is 11.2 Å². The van der Waals surface area contributed by atoms with E-state index in [4.69, 9.17) is 4.42 Å². The fourth-order valence-electron chi connectivity index (χ4n) is 3.58. The number of piperazine rings is 1. The summed E-state index contributed by atoms with van der Waals surface area (Å²) >= 11 is 1.22. The van der Waals surface area contributed by atoms with Crippen LogP contribution in [0.5, 0.6) is 0 Å². The van der Waals surface area contributed by atoms with Crippen molar-refractivity contribution in [2.24, 2.45) is 0 Å². The number of fused-ring (bicyclic) bond motifs is 1. The van der Waals surface area contributed by atoms with E-state index in [2.05, 4.69) is 15.4 Å². The Morgan fingerprint density at radius 2 is 1.88 bits per heavy atom. The minimum atomic E-state index is -4.49. The van der Waals surface area contributed by atoms with E-state index in [1.807, 2.05) is 4.90 Å². The van der Waals surface area contributed by atoms with Crippen molar-refractivity contribution in [3.8, 4) is 10.8 Å². The number of furan rings is 1. The molecule has 1 aromatic carbocycles. The van der Waals surface area contributed by atoms with Crippen LogP contribution < -0.4 is 15.8 Å². The van der Waals surface area contributed by atoms with Crippen molar-refractivity contribution in [2.75, 3.05) is 36.4 Å². The van der Waals surface area contributed by atoms with Gasteiger partial charge in [0, 0.05) is 37.9 Å². The lowest BCUT2D eigenvalue weighted by atomic mass is 10.2. The fraction of sp³-hybridized carbons (Fsp3) is 0.238. The van der Waals surface area contributed by atoms with E-state index in [0.29, 0.717) is 47.7 Å². The molecule has 1 fully saturated rings. The molecule has 0 saturated carbocycles. The number of amides is 2. The lowest BCUT2D eigenvalue weighted by molar-refractivity contribution is -0.137. The van der Waals surface area contributed by atoms with Crippen LogP contribution in [-0.4, -0.2) is 51.7 Å². The Kier molecular flexibility index (Phi) is 5.48. The van der Waals surface area contributed by atoms with Gasteiger partial charge in [-0.2, -0.15) is 17.7 Å². The fourth-order valence-corrected chi connectivity index (χ4v) is 4.44. The standard InChI is InChI=1S/C21H17F3N6O3S/c22-21(23,24)13-3-1-4-14(11-13)25-19(32)29-8-6-28(7-9-29)16-12-17(31)30-20(26-16)34-18(27-30)15-5-2-10-33-15/h1-5,10-12H,6-9H2,(H,25,32). The first kappa shape index (κ1) is 21.9. The highest BCUT2D eigenvalue weighted by atomic mass is 32.1. The molecule has 1 aliphatic heterocycles. The first-order valence-corrected chi connectivity index (χ1v) is 11.0. The molecule has 176 valence electrons. The summed E-state index contributed by atoms with van der Waals surface area (Å²) in [5.74, 6) is 1.01. The number of rotatable bonds is 3. The molecule has 1 saturated heterocycles. The first-order chi connectivity index (χ1) is 16.3. The van der Waals surface area contributed by atoms with Crippen molar-refractivity contribution in [3.63, 3.8) is 0 Å². The Labute approximate surface area is 194 Å². The molecule has 4 heterocycles. The maximum atomic E-state index is 12.9. The van der Waals surface area contributed by atoms with Crippen LogP contribution in [0.4, 0.5) is 29.5 Å². The molecular weight excluding hydrogens is 473 g/mol. The summed E-state index contributed by atoms with van der Waals surface area (Å²) in [7, 11) is 0. The van der Waals surface area contributed by atoms with Gasteiger partial charge in [0.15, 0.2) is 10.8 Å². The Bertz CT molecular complexity index is 1390. The SMILES string of the molecule is O=C(Nc1cccc(C(F)(F)F)c1)N1CCN(c2cc(=O)n3nc(-c4ccco4)sc3n2)CC1. The number of nitrogens with zero attached hydrogens (tertiary/aromatic N) is 5. The van der Waals surface area contributed by atoms with Crippen molar-refractivity contribution in [1.82, 2.24) is 19.5 Å². The number of benzene rings is 1. The Hall–Kier alpha value is -3.87. The van der Waals surface area contributed by atoms with Crippen LogP contribution in [0.3, 0.4) is 0 Å². The van der Waals surface area contributed by atoms with Crippen molar-refractivity contribution in [3.05, 3.63) is 64.6 Å². The summed E-state index contributed by atoms with van der Waals surface area (Å²) in [4.78, 5) is 33.4. The third-order valence-electron chi connectivity index (χ3n) is 5.30. The summed E-state index contributed by atoms with van der Waals surface area (Å²) in [5, 5.41) is 7.30. The number of nitrogens with one attached hydrogen (secondary N) is 1. The first-order valence-electron chi connectivity index (χ1n) is 10.2. The van der Waals surface area contributed by atoms with E-state index in [0.717, 1.165) is 12.1 Å². The molecule has 3 aromatic heterocycles. The summed E-state index contributed by atoms with van der Waals surface area (Å²) in [5.41, 5.74) is -1.10. The zero-order valence-corrected chi connectivity index (χ0v) is 18.3. The van der Waals surface area contributed by atoms with E-state index >= 15 is 0 Å². The minimum absolute atomic E-state index is 0.0694. The third-order valence-corrected chi connectivity index (χ3v) is 6.22. The zero-order chi connectivity index (χ0) is 23.9. The highest BCUT2D eigenvalue weighted by Crippen LogP contribution is 2.31. The molecule has 9 nitrogen and oxygen atoms in total. The van der Waals surface area contributed by atoms with Crippen LogP contribution in [0.1, 0.15) is 5.56 Å². The maximum absolute atomic E-state index is 12.9. The number of hydrogen-bond donors (Lipinski definition) is 1. The molecule has 1 N–H and O–H groups in total. The normalized spacial score (nSPS) is 14.6. The summed E-state index contributed by atoms with van der Waals surface area (Å²) in [6.07, 6.45) is -2.97. The van der Waals surface area contributed by atoms with Crippen molar-refractivity contribution < 1.29 is 22.4 Å². The van der Waals surface area contributed by atoms with Gasteiger partial charge in [0.25, 0.3) is 5.56 Å². The van der Waals surface area contributed by atoms with Gasteiger partial charge in [-0.1, -0.05) is 17.4 Å². The second kappa shape index (κ2) is 8.48. The number of urea groups is 1. The van der Waals surface area contributed by atoms with Crippen LogP contribution in [-0.2, 0) is 6.18 Å². The number of hydrogen-bond acceptors (Lipinski definition) is 7. The van der Waals surface area contributed by atoms with E-state index in [1.165, 1.54) is 45.2 Å². The van der Waals surface area contributed by atoms with Crippen molar-refractivity contribution in [2.45, 2.75) is 6.18 Å². The second-order valence-corrected chi connectivity index (χ2v) is 8.47. The summed E-state index contributed by atoms with van der Waals surface area (Å²) < 4.78 is 45.2. The zero-order valence-electron chi connectivity index (χ0n) is 17.5. The van der Waals surface area contributed by atoms with E-state index in [1.54, 1.807) is 12.1 Å². The molecular formula is C21H17F3N6O3S. The van der Waals surface area contributed by atoms with Gasteiger partial charge in [0.1, 0.15) is 5.82 Å². The van der Waals surface area contributed by atoms with E-state index in [9.17, 15) is 22.8 Å². The number of aromatic nitrogens is 3. The van der Waals surface area contributed by atoms with Crippen LogP contribution in [0.15, 0.2) is 57.9 Å². The van der Waals surface area contributed by atoms with Gasteiger partial charge < -0.3 is 19.5 Å². The third kappa shape index (κ3) is 4.33. The maximum Gasteiger partial charge on any atom is 0.416 e. The molecule has 34 heavy (non-hydrogen) atoms. The van der Waals surface area contributed by atoms with Gasteiger partial charge >= 0.3 is 12.2 Å². The molecule has 0 unspecified atom stereocenters. The van der Waals surface area contributed by atoms with Crippen LogP contribution >= 0.6 is 11.3 Å². The van der Waals surface area contributed by atoms with Gasteiger partial charge in [-0.3, -0.25) is 4.79 Å². The van der Waals surface area contributed by atoms with Crippen LogP contribution in [0, 0.1) is 0 Å². The molecule has 1 aliphatic rings. The second-order valence-electron chi connectivity index (χ2n) is 7.51. The molecule has 0 atom stereocenters. The summed E-state index contributed by atoms with van der Waals surface area (Å²) in [6.45, 7) is 1.43. The Morgan fingerprint density at radius 1 is 1.09 bits per heavy atom. The molecule has 5 rings (SSSR count). The molecule has 2 amide bonds. The number of alkyl halides is 3. The topological polar surface area (TPSA) is 96.0 Å². The van der Waals surface area contributed by atoms with Gasteiger partial charge in [0.05, 0.1) is 11.8 Å². The Balaban J connectivity index is 1.26. The minimum Gasteiger partial charge on any atom is -0.462 e. The van der Waals surface area contributed by atoms with Crippen LogP contribution in [0.25, 0.3) is 15.7 Å². The average molecular weight is 490 g/mol. The quantitative estimate of drug-likeness (QED) is 0.470. The number of carbonyl (C=O) groups excluding carboxylic acids is 1. The predicted octanol–water partition coefficient (Wildman–Crippen LogP) is 3.78. The van der Waals surface area contributed by atoms with Gasteiger partial charge in [0.2, 0.25) is 4.96 Å². The smallest absolute Gasteiger partial charge is 0.416 e. The molecule has 0 radical (unpaired) electrons. The highest BCUT2D eigenvalue weighted by molar-refractivity contribution is 7.19. The predicted molar refractivity (Wildman–Crippen MR) is 119 cm³/mol. The monoisotopic (exact) mass is 490 g/mol. The molecule has 4 aromatic rings. The lowest BCUT2D eigenvalue weighted by Crippen LogP contribution is -2.50. The molecule has 0 aliphatic carbocycles. The average Bonchev–Trinajstić information content (AvgIpc) is 3.49. The van der Waals surface area contributed by atoms with Gasteiger partial charge in [-0.05, 0) is 30.3 Å². The van der Waals surface area contributed by atoms with Crippen LogP contribution in [0.2, 0.25) is 0 Å². The largest absolute Gasteiger partial charge is 0.462 e. The number of anilines is 2. The number of halogens is 3.